The molecule has 0 aromatic carbocycles. The molecule has 0 bridgehead atoms. The van der Waals surface area contributed by atoms with Crippen molar-refractivity contribution in [3.63, 3.8) is 0 Å². The monoisotopic (exact) mass is 212 g/mol. The van der Waals surface area contributed by atoms with Crippen LogP contribution < -0.4 is 10.6 Å². The van der Waals surface area contributed by atoms with Crippen molar-refractivity contribution in [2.45, 2.75) is 39.5 Å². The van der Waals surface area contributed by atoms with E-state index in [0.29, 0.717) is 6.54 Å². The quantitative estimate of drug-likeness (QED) is 0.701. The molecule has 0 spiro atoms. The Morgan fingerprint density at radius 2 is 2.20 bits per heavy atom. The molecule has 1 amide bonds. The van der Waals surface area contributed by atoms with Crippen molar-refractivity contribution >= 4 is 5.91 Å². The highest BCUT2D eigenvalue weighted by molar-refractivity contribution is 5.77. The minimum absolute atomic E-state index is 0.128. The zero-order valence-electron chi connectivity index (χ0n) is 10.0. The molecule has 1 saturated carbocycles. The first-order chi connectivity index (χ1) is 7.22. The molecule has 0 aromatic rings. The number of carbonyl (C=O) groups excluding carboxylic acids is 1. The Hall–Kier alpha value is -0.570. The molecule has 0 saturated heterocycles. The van der Waals surface area contributed by atoms with E-state index in [0.717, 1.165) is 31.3 Å². The maximum Gasteiger partial charge on any atom is 0.233 e. The van der Waals surface area contributed by atoms with Gasteiger partial charge in [-0.25, -0.2) is 0 Å². The van der Waals surface area contributed by atoms with Gasteiger partial charge in [-0.15, -0.1) is 0 Å². The summed E-state index contributed by atoms with van der Waals surface area (Å²) in [6.45, 7) is 6.65. The lowest BCUT2D eigenvalue weighted by Gasteiger charge is -2.10. The lowest BCUT2D eigenvalue weighted by molar-refractivity contribution is -0.120. The zero-order valence-corrected chi connectivity index (χ0v) is 10.0. The van der Waals surface area contributed by atoms with Crippen LogP contribution in [0.15, 0.2) is 0 Å². The van der Waals surface area contributed by atoms with Gasteiger partial charge in [0, 0.05) is 6.54 Å². The normalized spacial score (nSPS) is 25.5. The molecule has 0 radical (unpaired) electrons. The van der Waals surface area contributed by atoms with E-state index in [1.807, 2.05) is 0 Å². The fourth-order valence-electron chi connectivity index (χ4n) is 2.23. The Morgan fingerprint density at radius 1 is 1.40 bits per heavy atom. The molecule has 1 aliphatic rings. The van der Waals surface area contributed by atoms with Gasteiger partial charge in [0.1, 0.15) is 0 Å². The molecule has 1 rings (SSSR count). The van der Waals surface area contributed by atoms with E-state index in [-0.39, 0.29) is 5.91 Å². The first-order valence-electron chi connectivity index (χ1n) is 6.19. The number of hydrogen-bond acceptors (Lipinski definition) is 2. The SMILES string of the molecule is CCCNC(=O)CNCC1CCC(C)C1. The number of hydrogen-bond donors (Lipinski definition) is 2. The minimum atomic E-state index is 0.128. The number of nitrogens with one attached hydrogen (secondary N) is 2. The van der Waals surface area contributed by atoms with Crippen molar-refractivity contribution < 1.29 is 4.79 Å². The first kappa shape index (κ1) is 12.5. The summed E-state index contributed by atoms with van der Waals surface area (Å²) >= 11 is 0. The van der Waals surface area contributed by atoms with E-state index in [1.165, 1.54) is 19.3 Å². The Kier molecular flexibility index (Phi) is 5.69. The van der Waals surface area contributed by atoms with Crippen LogP contribution in [0.1, 0.15) is 39.5 Å². The molecule has 3 heteroatoms. The van der Waals surface area contributed by atoms with Crippen LogP contribution in [-0.4, -0.2) is 25.5 Å². The largest absolute Gasteiger partial charge is 0.355 e. The van der Waals surface area contributed by atoms with Gasteiger partial charge in [-0.05, 0) is 37.6 Å². The molecular weight excluding hydrogens is 188 g/mol. The summed E-state index contributed by atoms with van der Waals surface area (Å²) < 4.78 is 0. The van der Waals surface area contributed by atoms with Crippen molar-refractivity contribution in [3.8, 4) is 0 Å². The fourth-order valence-corrected chi connectivity index (χ4v) is 2.23. The highest BCUT2D eigenvalue weighted by Crippen LogP contribution is 2.29. The third-order valence-corrected chi connectivity index (χ3v) is 3.09. The predicted molar refractivity (Wildman–Crippen MR) is 62.7 cm³/mol. The van der Waals surface area contributed by atoms with E-state index in [4.69, 9.17) is 0 Å². The third kappa shape index (κ3) is 5.17. The van der Waals surface area contributed by atoms with Gasteiger partial charge in [-0.3, -0.25) is 4.79 Å². The molecule has 0 heterocycles. The summed E-state index contributed by atoms with van der Waals surface area (Å²) in [6.07, 6.45) is 5.01. The average Bonchev–Trinajstić information content (AvgIpc) is 2.61. The van der Waals surface area contributed by atoms with E-state index in [1.54, 1.807) is 0 Å². The minimum Gasteiger partial charge on any atom is -0.355 e. The van der Waals surface area contributed by atoms with Crippen molar-refractivity contribution in [1.82, 2.24) is 10.6 Å². The fraction of sp³-hybridized carbons (Fsp3) is 0.917. The van der Waals surface area contributed by atoms with Crippen molar-refractivity contribution in [2.75, 3.05) is 19.6 Å². The maximum absolute atomic E-state index is 11.3. The zero-order chi connectivity index (χ0) is 11.1. The molecule has 2 unspecified atom stereocenters. The molecule has 3 nitrogen and oxygen atoms in total. The average molecular weight is 212 g/mol. The van der Waals surface area contributed by atoms with Crippen LogP contribution in [0.2, 0.25) is 0 Å². The standard InChI is InChI=1S/C12H24N2O/c1-3-6-14-12(15)9-13-8-11-5-4-10(2)7-11/h10-11,13H,3-9H2,1-2H3,(H,14,15). The van der Waals surface area contributed by atoms with Gasteiger partial charge < -0.3 is 10.6 Å². The van der Waals surface area contributed by atoms with Gasteiger partial charge in [0.2, 0.25) is 5.91 Å². The molecule has 88 valence electrons. The van der Waals surface area contributed by atoms with Crippen molar-refractivity contribution in [2.24, 2.45) is 11.8 Å². The molecule has 2 N–H and O–H groups in total. The van der Waals surface area contributed by atoms with Crippen LogP contribution in [-0.2, 0) is 4.79 Å². The van der Waals surface area contributed by atoms with Gasteiger partial charge in [0.25, 0.3) is 0 Å². The van der Waals surface area contributed by atoms with E-state index in [2.05, 4.69) is 24.5 Å². The summed E-state index contributed by atoms with van der Waals surface area (Å²) in [7, 11) is 0. The van der Waals surface area contributed by atoms with E-state index < -0.39 is 0 Å². The Bertz CT molecular complexity index is 194. The Balaban J connectivity index is 1.98. The summed E-state index contributed by atoms with van der Waals surface area (Å²) in [6, 6.07) is 0. The molecule has 1 fully saturated rings. The summed E-state index contributed by atoms with van der Waals surface area (Å²) in [5.41, 5.74) is 0. The van der Waals surface area contributed by atoms with Crippen molar-refractivity contribution in [1.29, 1.82) is 0 Å². The summed E-state index contributed by atoms with van der Waals surface area (Å²) in [4.78, 5) is 11.3. The van der Waals surface area contributed by atoms with Gasteiger partial charge in [-0.2, -0.15) is 0 Å². The molecule has 2 atom stereocenters. The number of carbonyl (C=O) groups is 1. The molecule has 0 aromatic heterocycles. The van der Waals surface area contributed by atoms with E-state index >= 15 is 0 Å². The Labute approximate surface area is 93.0 Å². The summed E-state index contributed by atoms with van der Waals surface area (Å²) in [5, 5.41) is 6.11. The third-order valence-electron chi connectivity index (χ3n) is 3.09. The van der Waals surface area contributed by atoms with Gasteiger partial charge in [-0.1, -0.05) is 20.3 Å². The smallest absolute Gasteiger partial charge is 0.233 e. The molecule has 0 aliphatic heterocycles. The van der Waals surface area contributed by atoms with Crippen LogP contribution in [0.5, 0.6) is 0 Å². The second-order valence-corrected chi connectivity index (χ2v) is 4.77. The van der Waals surface area contributed by atoms with Gasteiger partial charge in [0.15, 0.2) is 0 Å². The second kappa shape index (κ2) is 6.83. The Morgan fingerprint density at radius 3 is 2.80 bits per heavy atom. The van der Waals surface area contributed by atoms with E-state index in [9.17, 15) is 4.79 Å². The molecule has 15 heavy (non-hydrogen) atoms. The lowest BCUT2D eigenvalue weighted by atomic mass is 10.1. The van der Waals surface area contributed by atoms with Crippen LogP contribution in [0.3, 0.4) is 0 Å². The lowest BCUT2D eigenvalue weighted by Crippen LogP contribution is -2.36. The van der Waals surface area contributed by atoms with Gasteiger partial charge >= 0.3 is 0 Å². The second-order valence-electron chi connectivity index (χ2n) is 4.77. The predicted octanol–water partition coefficient (Wildman–Crippen LogP) is 1.54. The number of rotatable bonds is 6. The van der Waals surface area contributed by atoms with Crippen LogP contribution in [0.4, 0.5) is 0 Å². The number of amides is 1. The van der Waals surface area contributed by atoms with Crippen molar-refractivity contribution in [3.05, 3.63) is 0 Å². The topological polar surface area (TPSA) is 41.1 Å². The first-order valence-corrected chi connectivity index (χ1v) is 6.19. The summed E-state index contributed by atoms with van der Waals surface area (Å²) in [5.74, 6) is 1.80. The van der Waals surface area contributed by atoms with Crippen LogP contribution in [0, 0.1) is 11.8 Å². The molecular formula is C12H24N2O. The van der Waals surface area contributed by atoms with Gasteiger partial charge in [0.05, 0.1) is 6.54 Å². The maximum atomic E-state index is 11.3. The van der Waals surface area contributed by atoms with Crippen LogP contribution >= 0.6 is 0 Å². The molecule has 1 aliphatic carbocycles. The highest BCUT2D eigenvalue weighted by Gasteiger charge is 2.20. The highest BCUT2D eigenvalue weighted by atomic mass is 16.1. The van der Waals surface area contributed by atoms with Crippen LogP contribution in [0.25, 0.3) is 0 Å².